The molecule has 0 aliphatic rings. The zero-order chi connectivity index (χ0) is 11.7. The molecule has 1 aromatic carbocycles. The van der Waals surface area contributed by atoms with Crippen molar-refractivity contribution in [2.24, 2.45) is 0 Å². The largest absolute Gasteiger partial charge is 0.261 e. The summed E-state index contributed by atoms with van der Waals surface area (Å²) in [5.74, 6) is -0.326. The molecule has 0 bridgehead atoms. The van der Waals surface area contributed by atoms with E-state index in [0.29, 0.717) is 5.02 Å². The van der Waals surface area contributed by atoms with E-state index < -0.39 is 0 Å². The van der Waals surface area contributed by atoms with Gasteiger partial charge in [0.2, 0.25) is 0 Å². The van der Waals surface area contributed by atoms with Crippen LogP contribution in [-0.2, 0) is 0 Å². The molecule has 0 saturated heterocycles. The molecular formula is C13H11ClFN. The van der Waals surface area contributed by atoms with Crippen LogP contribution < -0.4 is 0 Å². The van der Waals surface area contributed by atoms with Crippen molar-refractivity contribution >= 4 is 11.6 Å². The van der Waals surface area contributed by atoms with Gasteiger partial charge in [0, 0.05) is 23.0 Å². The van der Waals surface area contributed by atoms with Crippen LogP contribution in [-0.4, -0.2) is 4.98 Å². The van der Waals surface area contributed by atoms with E-state index in [1.54, 1.807) is 12.3 Å². The lowest BCUT2D eigenvalue weighted by Gasteiger charge is -2.10. The molecule has 1 aromatic heterocycles. The van der Waals surface area contributed by atoms with E-state index in [-0.39, 0.29) is 5.82 Å². The van der Waals surface area contributed by atoms with Crippen LogP contribution in [0.25, 0.3) is 11.1 Å². The SMILES string of the molecule is Cc1ccnc(C)c1-c1ccc(F)cc1Cl. The Bertz CT molecular complexity index is 517. The van der Waals surface area contributed by atoms with Gasteiger partial charge in [-0.2, -0.15) is 0 Å². The molecule has 0 amide bonds. The number of hydrogen-bond acceptors (Lipinski definition) is 1. The number of nitrogens with zero attached hydrogens (tertiary/aromatic N) is 1. The van der Waals surface area contributed by atoms with Crippen LogP contribution in [0.1, 0.15) is 11.3 Å². The van der Waals surface area contributed by atoms with Gasteiger partial charge < -0.3 is 0 Å². The molecule has 2 aromatic rings. The van der Waals surface area contributed by atoms with Crippen molar-refractivity contribution < 1.29 is 4.39 Å². The Morgan fingerprint density at radius 2 is 1.94 bits per heavy atom. The second kappa shape index (κ2) is 4.22. The van der Waals surface area contributed by atoms with Gasteiger partial charge in [0.25, 0.3) is 0 Å². The minimum absolute atomic E-state index is 0.326. The first kappa shape index (κ1) is 11.1. The molecule has 0 aliphatic carbocycles. The molecule has 0 radical (unpaired) electrons. The molecule has 1 nitrogen and oxygen atoms in total. The summed E-state index contributed by atoms with van der Waals surface area (Å²) in [5.41, 5.74) is 3.79. The van der Waals surface area contributed by atoms with Gasteiger partial charge in [0.1, 0.15) is 5.82 Å². The fourth-order valence-corrected chi connectivity index (χ4v) is 2.06. The molecule has 0 N–H and O–H groups in total. The van der Waals surface area contributed by atoms with E-state index in [4.69, 9.17) is 11.6 Å². The standard InChI is InChI=1S/C13H11ClFN/c1-8-5-6-16-9(2)13(8)11-4-3-10(15)7-12(11)14/h3-7H,1-2H3. The predicted molar refractivity (Wildman–Crippen MR) is 64.1 cm³/mol. The summed E-state index contributed by atoms with van der Waals surface area (Å²) in [6.45, 7) is 3.91. The van der Waals surface area contributed by atoms with Crippen molar-refractivity contribution in [2.75, 3.05) is 0 Å². The summed E-state index contributed by atoms with van der Waals surface area (Å²) < 4.78 is 13.0. The molecule has 0 aliphatic heterocycles. The van der Waals surface area contributed by atoms with Gasteiger partial charge in [-0.05, 0) is 43.7 Å². The highest BCUT2D eigenvalue weighted by Crippen LogP contribution is 2.32. The molecule has 0 spiro atoms. The van der Waals surface area contributed by atoms with E-state index in [1.807, 2.05) is 19.9 Å². The van der Waals surface area contributed by atoms with Crippen LogP contribution >= 0.6 is 11.6 Å². The highest BCUT2D eigenvalue weighted by molar-refractivity contribution is 6.33. The normalized spacial score (nSPS) is 10.5. The van der Waals surface area contributed by atoms with Crippen LogP contribution in [0.5, 0.6) is 0 Å². The Morgan fingerprint density at radius 1 is 1.19 bits per heavy atom. The van der Waals surface area contributed by atoms with Gasteiger partial charge in [0.15, 0.2) is 0 Å². The van der Waals surface area contributed by atoms with Crippen LogP contribution in [0.2, 0.25) is 5.02 Å². The predicted octanol–water partition coefficient (Wildman–Crippen LogP) is 4.16. The topological polar surface area (TPSA) is 12.9 Å². The molecular weight excluding hydrogens is 225 g/mol. The van der Waals surface area contributed by atoms with E-state index >= 15 is 0 Å². The molecule has 82 valence electrons. The number of halogens is 2. The maximum absolute atomic E-state index is 13.0. The number of hydrogen-bond donors (Lipinski definition) is 0. The Labute approximate surface area is 98.9 Å². The monoisotopic (exact) mass is 235 g/mol. The summed E-state index contributed by atoms with van der Waals surface area (Å²) in [6, 6.07) is 6.34. The summed E-state index contributed by atoms with van der Waals surface area (Å²) >= 11 is 6.04. The molecule has 2 rings (SSSR count). The van der Waals surface area contributed by atoms with Crippen molar-refractivity contribution in [1.29, 1.82) is 0 Å². The van der Waals surface area contributed by atoms with Gasteiger partial charge in [-0.15, -0.1) is 0 Å². The number of aryl methyl sites for hydroxylation is 2. The first-order valence-corrected chi connectivity index (χ1v) is 5.35. The second-order valence-corrected chi connectivity index (χ2v) is 4.12. The van der Waals surface area contributed by atoms with Crippen molar-refractivity contribution in [2.45, 2.75) is 13.8 Å². The summed E-state index contributed by atoms with van der Waals surface area (Å²) in [7, 11) is 0. The average molecular weight is 236 g/mol. The third kappa shape index (κ3) is 1.93. The Balaban J connectivity index is 2.68. The Kier molecular flexibility index (Phi) is 2.92. The lowest BCUT2D eigenvalue weighted by Crippen LogP contribution is -1.92. The third-order valence-corrected chi connectivity index (χ3v) is 2.86. The number of benzene rings is 1. The van der Waals surface area contributed by atoms with Crippen LogP contribution in [0, 0.1) is 19.7 Å². The van der Waals surface area contributed by atoms with Gasteiger partial charge in [-0.25, -0.2) is 4.39 Å². The fraction of sp³-hybridized carbons (Fsp3) is 0.154. The molecule has 3 heteroatoms. The number of pyridine rings is 1. The average Bonchev–Trinajstić information content (AvgIpc) is 2.20. The maximum Gasteiger partial charge on any atom is 0.124 e. The minimum atomic E-state index is -0.326. The summed E-state index contributed by atoms with van der Waals surface area (Å²) in [4.78, 5) is 4.23. The Morgan fingerprint density at radius 3 is 2.56 bits per heavy atom. The lowest BCUT2D eigenvalue weighted by molar-refractivity contribution is 0.628. The smallest absolute Gasteiger partial charge is 0.124 e. The van der Waals surface area contributed by atoms with E-state index in [2.05, 4.69) is 4.98 Å². The fourth-order valence-electron chi connectivity index (χ4n) is 1.79. The second-order valence-electron chi connectivity index (χ2n) is 3.71. The molecule has 16 heavy (non-hydrogen) atoms. The van der Waals surface area contributed by atoms with Crippen molar-refractivity contribution in [3.63, 3.8) is 0 Å². The van der Waals surface area contributed by atoms with Crippen molar-refractivity contribution in [1.82, 2.24) is 4.98 Å². The highest BCUT2D eigenvalue weighted by Gasteiger charge is 2.10. The van der Waals surface area contributed by atoms with Gasteiger partial charge in [-0.1, -0.05) is 11.6 Å². The molecule has 1 heterocycles. The zero-order valence-electron chi connectivity index (χ0n) is 9.09. The molecule has 0 saturated carbocycles. The first-order valence-electron chi connectivity index (χ1n) is 4.97. The molecule has 0 unspecified atom stereocenters. The van der Waals surface area contributed by atoms with Gasteiger partial charge >= 0.3 is 0 Å². The minimum Gasteiger partial charge on any atom is -0.261 e. The quantitative estimate of drug-likeness (QED) is 0.723. The van der Waals surface area contributed by atoms with Gasteiger partial charge in [0.05, 0.1) is 5.02 Å². The van der Waals surface area contributed by atoms with Crippen LogP contribution in [0.15, 0.2) is 30.5 Å². The first-order chi connectivity index (χ1) is 7.59. The van der Waals surface area contributed by atoms with E-state index in [9.17, 15) is 4.39 Å². The van der Waals surface area contributed by atoms with Gasteiger partial charge in [-0.3, -0.25) is 4.98 Å². The van der Waals surface area contributed by atoms with E-state index in [1.165, 1.54) is 12.1 Å². The Hall–Kier alpha value is -1.41. The molecule has 0 fully saturated rings. The molecule has 0 atom stereocenters. The number of rotatable bonds is 1. The van der Waals surface area contributed by atoms with E-state index in [0.717, 1.165) is 22.4 Å². The lowest BCUT2D eigenvalue weighted by atomic mass is 10.00. The van der Waals surface area contributed by atoms with Crippen LogP contribution in [0.4, 0.5) is 4.39 Å². The highest BCUT2D eigenvalue weighted by atomic mass is 35.5. The summed E-state index contributed by atoms with van der Waals surface area (Å²) in [5, 5.41) is 0.416. The van der Waals surface area contributed by atoms with Crippen molar-refractivity contribution in [3.8, 4) is 11.1 Å². The number of aromatic nitrogens is 1. The maximum atomic E-state index is 13.0. The third-order valence-electron chi connectivity index (χ3n) is 2.55. The zero-order valence-corrected chi connectivity index (χ0v) is 9.85. The van der Waals surface area contributed by atoms with Crippen molar-refractivity contribution in [3.05, 3.63) is 52.6 Å². The van der Waals surface area contributed by atoms with Crippen LogP contribution in [0.3, 0.4) is 0 Å². The summed E-state index contributed by atoms with van der Waals surface area (Å²) in [6.07, 6.45) is 1.76.